The van der Waals surface area contributed by atoms with Crippen molar-refractivity contribution in [2.24, 2.45) is 0 Å². The van der Waals surface area contributed by atoms with Gasteiger partial charge >= 0.3 is 0 Å². The lowest BCUT2D eigenvalue weighted by atomic mass is 9.98. The summed E-state index contributed by atoms with van der Waals surface area (Å²) in [6, 6.07) is 9.43. The van der Waals surface area contributed by atoms with Crippen LogP contribution in [0.2, 0.25) is 0 Å². The minimum atomic E-state index is -0.231. The molecule has 0 saturated carbocycles. The van der Waals surface area contributed by atoms with E-state index in [9.17, 15) is 9.59 Å². The number of benzene rings is 1. The molecule has 1 aromatic rings. The molecule has 1 unspecified atom stereocenters. The Morgan fingerprint density at radius 2 is 2.06 bits per heavy atom. The largest absolute Gasteiger partial charge is 0.350 e. The lowest BCUT2D eigenvalue weighted by Gasteiger charge is -2.21. The Bertz CT molecular complexity index is 415. The SMILES string of the molecule is C=C(CC)C(NC(=O)CNC=O)c1ccccc1. The number of nitrogens with one attached hydrogen (secondary N) is 2. The average molecular weight is 246 g/mol. The minimum Gasteiger partial charge on any atom is -0.350 e. The van der Waals surface area contributed by atoms with Crippen LogP contribution in [0.1, 0.15) is 24.9 Å². The van der Waals surface area contributed by atoms with Crippen molar-refractivity contribution in [3.63, 3.8) is 0 Å². The normalized spacial score (nSPS) is 11.4. The molecule has 0 aliphatic heterocycles. The quantitative estimate of drug-likeness (QED) is 0.566. The molecule has 2 amide bonds. The Morgan fingerprint density at radius 3 is 2.61 bits per heavy atom. The molecule has 2 N–H and O–H groups in total. The van der Waals surface area contributed by atoms with Gasteiger partial charge in [-0.25, -0.2) is 0 Å². The van der Waals surface area contributed by atoms with Gasteiger partial charge in [0.1, 0.15) is 0 Å². The molecule has 1 rings (SSSR count). The van der Waals surface area contributed by atoms with Gasteiger partial charge in [-0.1, -0.05) is 49.4 Å². The maximum absolute atomic E-state index is 11.6. The molecule has 0 aliphatic rings. The van der Waals surface area contributed by atoms with Crippen LogP contribution < -0.4 is 10.6 Å². The van der Waals surface area contributed by atoms with Crippen LogP contribution in [0.25, 0.3) is 0 Å². The highest BCUT2D eigenvalue weighted by Gasteiger charge is 2.16. The Morgan fingerprint density at radius 1 is 1.39 bits per heavy atom. The van der Waals surface area contributed by atoms with E-state index in [1.54, 1.807) is 0 Å². The van der Waals surface area contributed by atoms with Crippen LogP contribution >= 0.6 is 0 Å². The molecule has 0 heterocycles. The number of hydrogen-bond acceptors (Lipinski definition) is 2. The summed E-state index contributed by atoms with van der Waals surface area (Å²) >= 11 is 0. The summed E-state index contributed by atoms with van der Waals surface area (Å²) in [7, 11) is 0. The van der Waals surface area contributed by atoms with Crippen LogP contribution in [0.5, 0.6) is 0 Å². The Kier molecular flexibility index (Phi) is 5.64. The smallest absolute Gasteiger partial charge is 0.240 e. The molecule has 4 heteroatoms. The van der Waals surface area contributed by atoms with Crippen molar-refractivity contribution in [1.29, 1.82) is 0 Å². The first-order valence-corrected chi connectivity index (χ1v) is 5.88. The van der Waals surface area contributed by atoms with E-state index >= 15 is 0 Å². The highest BCUT2D eigenvalue weighted by molar-refractivity contribution is 5.80. The molecule has 0 bridgehead atoms. The first-order chi connectivity index (χ1) is 8.69. The zero-order valence-corrected chi connectivity index (χ0v) is 10.5. The van der Waals surface area contributed by atoms with Gasteiger partial charge in [0, 0.05) is 0 Å². The van der Waals surface area contributed by atoms with Gasteiger partial charge in [-0.15, -0.1) is 0 Å². The maximum atomic E-state index is 11.6. The summed E-state index contributed by atoms with van der Waals surface area (Å²) in [5.41, 5.74) is 1.92. The number of carbonyl (C=O) groups excluding carboxylic acids is 2. The predicted molar refractivity (Wildman–Crippen MR) is 70.8 cm³/mol. The van der Waals surface area contributed by atoms with Crippen LogP contribution in [0.4, 0.5) is 0 Å². The molecule has 0 saturated heterocycles. The van der Waals surface area contributed by atoms with Gasteiger partial charge in [-0.3, -0.25) is 9.59 Å². The molecule has 96 valence electrons. The van der Waals surface area contributed by atoms with Gasteiger partial charge < -0.3 is 10.6 Å². The third kappa shape index (κ3) is 4.05. The highest BCUT2D eigenvalue weighted by Crippen LogP contribution is 2.22. The highest BCUT2D eigenvalue weighted by atomic mass is 16.2. The van der Waals surface area contributed by atoms with Crippen LogP contribution in [0.15, 0.2) is 42.5 Å². The van der Waals surface area contributed by atoms with E-state index < -0.39 is 0 Å². The van der Waals surface area contributed by atoms with E-state index in [1.807, 2.05) is 37.3 Å². The maximum Gasteiger partial charge on any atom is 0.240 e. The van der Waals surface area contributed by atoms with E-state index in [4.69, 9.17) is 0 Å². The lowest BCUT2D eigenvalue weighted by molar-refractivity contribution is -0.122. The minimum absolute atomic E-state index is 0.0240. The Labute approximate surface area is 107 Å². The molecular weight excluding hydrogens is 228 g/mol. The molecule has 0 aliphatic carbocycles. The Balaban J connectivity index is 2.77. The van der Waals surface area contributed by atoms with Crippen molar-refractivity contribution in [2.45, 2.75) is 19.4 Å². The van der Waals surface area contributed by atoms with Crippen molar-refractivity contribution < 1.29 is 9.59 Å². The molecule has 0 fully saturated rings. The second-order valence-corrected chi connectivity index (χ2v) is 3.92. The van der Waals surface area contributed by atoms with Gasteiger partial charge in [0.25, 0.3) is 0 Å². The fourth-order valence-corrected chi connectivity index (χ4v) is 1.62. The van der Waals surface area contributed by atoms with Gasteiger partial charge in [-0.05, 0) is 12.0 Å². The standard InChI is InChI=1S/C14H18N2O2/c1-3-11(2)14(12-7-5-4-6-8-12)16-13(18)9-15-10-17/h4-8,10,14H,2-3,9H2,1H3,(H,15,17)(H,16,18). The fraction of sp³-hybridized carbons (Fsp3) is 0.286. The van der Waals surface area contributed by atoms with Crippen molar-refractivity contribution >= 4 is 12.3 Å². The molecule has 0 radical (unpaired) electrons. The second-order valence-electron chi connectivity index (χ2n) is 3.92. The summed E-state index contributed by atoms with van der Waals surface area (Å²) in [4.78, 5) is 21.8. The first-order valence-electron chi connectivity index (χ1n) is 5.88. The fourth-order valence-electron chi connectivity index (χ4n) is 1.62. The third-order valence-electron chi connectivity index (χ3n) is 2.65. The molecule has 0 spiro atoms. The van der Waals surface area contributed by atoms with Crippen LogP contribution in [-0.2, 0) is 9.59 Å². The van der Waals surface area contributed by atoms with Gasteiger partial charge in [0.2, 0.25) is 12.3 Å². The van der Waals surface area contributed by atoms with Crippen LogP contribution in [0, 0.1) is 0 Å². The molecule has 0 aromatic heterocycles. The lowest BCUT2D eigenvalue weighted by Crippen LogP contribution is -2.36. The van der Waals surface area contributed by atoms with E-state index in [1.165, 1.54) is 0 Å². The number of amides is 2. The monoisotopic (exact) mass is 246 g/mol. The van der Waals surface area contributed by atoms with E-state index in [-0.39, 0.29) is 18.5 Å². The van der Waals surface area contributed by atoms with Crippen molar-refractivity contribution in [3.8, 4) is 0 Å². The topological polar surface area (TPSA) is 58.2 Å². The average Bonchev–Trinajstić information content (AvgIpc) is 2.42. The van der Waals surface area contributed by atoms with Crippen molar-refractivity contribution in [1.82, 2.24) is 10.6 Å². The molecule has 1 aromatic carbocycles. The summed E-state index contributed by atoms with van der Waals surface area (Å²) in [6.07, 6.45) is 1.28. The van der Waals surface area contributed by atoms with Gasteiger partial charge in [0.05, 0.1) is 12.6 Å². The predicted octanol–water partition coefficient (Wildman–Crippen LogP) is 1.56. The summed E-state index contributed by atoms with van der Waals surface area (Å²) in [6.45, 7) is 5.95. The second kappa shape index (κ2) is 7.27. The molecule has 4 nitrogen and oxygen atoms in total. The van der Waals surface area contributed by atoms with Crippen molar-refractivity contribution in [2.75, 3.05) is 6.54 Å². The summed E-state index contributed by atoms with van der Waals surface area (Å²) in [5, 5.41) is 5.20. The third-order valence-corrected chi connectivity index (χ3v) is 2.65. The number of rotatable bonds is 7. The zero-order chi connectivity index (χ0) is 13.4. The summed E-state index contributed by atoms with van der Waals surface area (Å²) < 4.78 is 0. The van der Waals surface area contributed by atoms with Crippen molar-refractivity contribution in [3.05, 3.63) is 48.0 Å². The molecule has 1 atom stereocenters. The number of hydrogen-bond donors (Lipinski definition) is 2. The summed E-state index contributed by atoms with van der Waals surface area (Å²) in [5.74, 6) is -0.231. The van der Waals surface area contributed by atoms with E-state index in [0.29, 0.717) is 6.41 Å². The van der Waals surface area contributed by atoms with Crippen LogP contribution in [0.3, 0.4) is 0 Å². The Hall–Kier alpha value is -2.10. The van der Waals surface area contributed by atoms with E-state index in [2.05, 4.69) is 17.2 Å². The van der Waals surface area contributed by atoms with E-state index in [0.717, 1.165) is 17.6 Å². The van der Waals surface area contributed by atoms with Crippen LogP contribution in [-0.4, -0.2) is 18.9 Å². The van der Waals surface area contributed by atoms with Gasteiger partial charge in [0.15, 0.2) is 0 Å². The molecule has 18 heavy (non-hydrogen) atoms. The molecular formula is C14H18N2O2. The number of carbonyl (C=O) groups is 2. The first kappa shape index (κ1) is 14.0. The van der Waals surface area contributed by atoms with Gasteiger partial charge in [-0.2, -0.15) is 0 Å². The zero-order valence-electron chi connectivity index (χ0n) is 10.5.